The Morgan fingerprint density at radius 3 is 2.52 bits per heavy atom. The first-order valence-corrected chi connectivity index (χ1v) is 9.25. The lowest BCUT2D eigenvalue weighted by atomic mass is 10.3. The van der Waals surface area contributed by atoms with Gasteiger partial charge in [0.25, 0.3) is 5.69 Å². The number of non-ortho nitro benzene ring substituents is 1. The molecule has 0 spiro atoms. The van der Waals surface area contributed by atoms with Crippen molar-refractivity contribution >= 4 is 85.3 Å². The molecule has 12 heteroatoms. The standard InChI is InChI=1S/C13H14BrCl3N4O3S/c1-2-3-10(22)19-11(13(15,16)17)20-12(25)18-9-5-4-7(21(23)24)6-8(9)14/h4-6,11H,2-3H2,1H3,(H,19,22)(H2,18,20,25). The monoisotopic (exact) mass is 490 g/mol. The summed E-state index contributed by atoms with van der Waals surface area (Å²) in [6, 6.07) is 4.10. The molecule has 0 saturated carbocycles. The third kappa shape index (κ3) is 7.49. The number of carbonyl (C=O) groups is 1. The molecule has 0 heterocycles. The van der Waals surface area contributed by atoms with Crippen molar-refractivity contribution in [2.75, 3.05) is 5.32 Å². The number of benzene rings is 1. The molecule has 1 aromatic rings. The number of alkyl halides is 3. The molecule has 0 aliphatic heterocycles. The van der Waals surface area contributed by atoms with Gasteiger partial charge in [0.2, 0.25) is 9.70 Å². The predicted molar refractivity (Wildman–Crippen MR) is 107 cm³/mol. The number of carbonyl (C=O) groups excluding carboxylic acids is 1. The summed E-state index contributed by atoms with van der Waals surface area (Å²) in [5.74, 6) is -0.300. The average Bonchev–Trinajstić information content (AvgIpc) is 2.47. The van der Waals surface area contributed by atoms with Crippen LogP contribution in [0.25, 0.3) is 0 Å². The van der Waals surface area contributed by atoms with Crippen LogP contribution in [0.15, 0.2) is 22.7 Å². The molecule has 1 aromatic carbocycles. The molecule has 0 aromatic heterocycles. The van der Waals surface area contributed by atoms with Crippen molar-refractivity contribution in [2.45, 2.75) is 29.7 Å². The van der Waals surface area contributed by atoms with Crippen LogP contribution in [-0.2, 0) is 4.79 Å². The Bertz CT molecular complexity index is 672. The maximum Gasteiger partial charge on any atom is 0.270 e. The van der Waals surface area contributed by atoms with Gasteiger partial charge in [0.15, 0.2) is 5.11 Å². The molecule has 0 radical (unpaired) electrons. The van der Waals surface area contributed by atoms with E-state index >= 15 is 0 Å². The van der Waals surface area contributed by atoms with Gasteiger partial charge in [0.1, 0.15) is 6.17 Å². The molecular weight excluding hydrogens is 478 g/mol. The van der Waals surface area contributed by atoms with Gasteiger partial charge in [-0.05, 0) is 40.6 Å². The highest BCUT2D eigenvalue weighted by molar-refractivity contribution is 9.10. The van der Waals surface area contributed by atoms with Crippen LogP contribution in [0.5, 0.6) is 0 Å². The van der Waals surface area contributed by atoms with Crippen LogP contribution in [0.2, 0.25) is 0 Å². The summed E-state index contributed by atoms with van der Waals surface area (Å²) in [5, 5.41) is 18.8. The quantitative estimate of drug-likeness (QED) is 0.181. The topological polar surface area (TPSA) is 96.3 Å². The lowest BCUT2D eigenvalue weighted by Gasteiger charge is -2.27. The van der Waals surface area contributed by atoms with Gasteiger partial charge in [-0.25, -0.2) is 0 Å². The molecular formula is C13H14BrCl3N4O3S. The summed E-state index contributed by atoms with van der Waals surface area (Å²) in [6.07, 6.45) is -0.155. The van der Waals surface area contributed by atoms with E-state index in [-0.39, 0.29) is 23.1 Å². The van der Waals surface area contributed by atoms with E-state index in [1.807, 2.05) is 6.92 Å². The smallest absolute Gasteiger partial charge is 0.270 e. The average molecular weight is 493 g/mol. The zero-order chi connectivity index (χ0) is 19.2. The molecule has 1 atom stereocenters. The Hall–Kier alpha value is -0.870. The van der Waals surface area contributed by atoms with E-state index in [9.17, 15) is 14.9 Å². The van der Waals surface area contributed by atoms with Crippen LogP contribution in [0, 0.1) is 10.1 Å². The van der Waals surface area contributed by atoms with E-state index in [1.54, 1.807) is 0 Å². The minimum Gasteiger partial charge on any atom is -0.339 e. The third-order valence-electron chi connectivity index (χ3n) is 2.80. The van der Waals surface area contributed by atoms with Crippen LogP contribution >= 0.6 is 63.0 Å². The van der Waals surface area contributed by atoms with Gasteiger partial charge >= 0.3 is 0 Å². The van der Waals surface area contributed by atoms with E-state index in [4.69, 9.17) is 47.0 Å². The van der Waals surface area contributed by atoms with E-state index in [1.165, 1.54) is 18.2 Å². The lowest BCUT2D eigenvalue weighted by Crippen LogP contribution is -2.56. The largest absolute Gasteiger partial charge is 0.339 e. The fraction of sp³-hybridized carbons (Fsp3) is 0.385. The second-order valence-electron chi connectivity index (χ2n) is 4.81. The number of rotatable bonds is 6. The molecule has 0 fully saturated rings. The fourth-order valence-electron chi connectivity index (χ4n) is 1.67. The third-order valence-corrected chi connectivity index (χ3v) is 4.33. The Morgan fingerprint density at radius 1 is 1.40 bits per heavy atom. The van der Waals surface area contributed by atoms with Crippen molar-refractivity contribution in [1.82, 2.24) is 10.6 Å². The van der Waals surface area contributed by atoms with Gasteiger partial charge in [-0.3, -0.25) is 14.9 Å². The van der Waals surface area contributed by atoms with Crippen molar-refractivity contribution < 1.29 is 9.72 Å². The van der Waals surface area contributed by atoms with E-state index in [0.717, 1.165) is 0 Å². The molecule has 0 aliphatic carbocycles. The van der Waals surface area contributed by atoms with Crippen molar-refractivity contribution in [2.24, 2.45) is 0 Å². The zero-order valence-electron chi connectivity index (χ0n) is 12.8. The van der Waals surface area contributed by atoms with Crippen LogP contribution in [0.1, 0.15) is 19.8 Å². The number of nitro groups is 1. The number of amides is 1. The van der Waals surface area contributed by atoms with E-state index in [0.29, 0.717) is 16.6 Å². The molecule has 138 valence electrons. The second kappa shape index (κ2) is 9.72. The molecule has 0 aliphatic rings. The van der Waals surface area contributed by atoms with Crippen molar-refractivity contribution in [3.63, 3.8) is 0 Å². The molecule has 7 nitrogen and oxygen atoms in total. The van der Waals surface area contributed by atoms with Gasteiger partial charge in [-0.1, -0.05) is 41.7 Å². The molecule has 25 heavy (non-hydrogen) atoms. The van der Waals surface area contributed by atoms with Crippen LogP contribution < -0.4 is 16.0 Å². The molecule has 3 N–H and O–H groups in total. The number of anilines is 1. The molecule has 1 rings (SSSR count). The van der Waals surface area contributed by atoms with Gasteiger partial charge in [0.05, 0.1) is 10.6 Å². The predicted octanol–water partition coefficient (Wildman–Crippen LogP) is 4.26. The van der Waals surface area contributed by atoms with Crippen LogP contribution in [-0.4, -0.2) is 25.9 Å². The Labute approximate surface area is 173 Å². The zero-order valence-corrected chi connectivity index (χ0v) is 17.5. The fourth-order valence-corrected chi connectivity index (χ4v) is 2.69. The summed E-state index contributed by atoms with van der Waals surface area (Å²) in [7, 11) is 0. The SMILES string of the molecule is CCCC(=O)NC(NC(=S)Nc1ccc([N+](=O)[O-])cc1Br)C(Cl)(Cl)Cl. The molecule has 1 unspecified atom stereocenters. The van der Waals surface area contributed by atoms with Gasteiger partial charge in [-0.15, -0.1) is 0 Å². The highest BCUT2D eigenvalue weighted by atomic mass is 79.9. The Balaban J connectivity index is 2.81. The van der Waals surface area contributed by atoms with Crippen molar-refractivity contribution in [3.8, 4) is 0 Å². The molecule has 1 amide bonds. The molecule has 0 saturated heterocycles. The van der Waals surface area contributed by atoms with Gasteiger partial charge in [-0.2, -0.15) is 0 Å². The van der Waals surface area contributed by atoms with Crippen LogP contribution in [0.4, 0.5) is 11.4 Å². The van der Waals surface area contributed by atoms with Gasteiger partial charge in [0, 0.05) is 23.0 Å². The highest BCUT2D eigenvalue weighted by Gasteiger charge is 2.34. The van der Waals surface area contributed by atoms with Gasteiger partial charge < -0.3 is 16.0 Å². The number of halogens is 4. The Morgan fingerprint density at radius 2 is 2.04 bits per heavy atom. The number of nitro benzene ring substituents is 1. The maximum absolute atomic E-state index is 11.7. The number of hydrogen-bond donors (Lipinski definition) is 3. The lowest BCUT2D eigenvalue weighted by molar-refractivity contribution is -0.384. The highest BCUT2D eigenvalue weighted by Crippen LogP contribution is 2.30. The second-order valence-corrected chi connectivity index (χ2v) is 8.44. The number of hydrogen-bond acceptors (Lipinski definition) is 4. The summed E-state index contributed by atoms with van der Waals surface area (Å²) in [5.41, 5.74) is 0.383. The first kappa shape index (κ1) is 22.2. The van der Waals surface area contributed by atoms with E-state index < -0.39 is 14.9 Å². The summed E-state index contributed by atoms with van der Waals surface area (Å²) in [6.45, 7) is 1.84. The minimum atomic E-state index is -1.85. The maximum atomic E-state index is 11.7. The first-order valence-electron chi connectivity index (χ1n) is 6.92. The first-order chi connectivity index (χ1) is 11.5. The summed E-state index contributed by atoms with van der Waals surface area (Å²) >= 11 is 25.9. The Kier molecular flexibility index (Phi) is 8.62. The minimum absolute atomic E-state index is 0.0580. The van der Waals surface area contributed by atoms with Crippen LogP contribution in [0.3, 0.4) is 0 Å². The number of nitrogens with one attached hydrogen (secondary N) is 3. The van der Waals surface area contributed by atoms with Crippen molar-refractivity contribution in [1.29, 1.82) is 0 Å². The van der Waals surface area contributed by atoms with E-state index in [2.05, 4.69) is 31.9 Å². The number of thiocarbonyl (C=S) groups is 1. The van der Waals surface area contributed by atoms with Crippen molar-refractivity contribution in [3.05, 3.63) is 32.8 Å². The molecule has 0 bridgehead atoms. The normalized spacial score (nSPS) is 12.2. The summed E-state index contributed by atoms with van der Waals surface area (Å²) < 4.78 is -1.42. The number of nitrogens with zero attached hydrogens (tertiary/aromatic N) is 1. The summed E-state index contributed by atoms with van der Waals surface area (Å²) in [4.78, 5) is 22.0.